The van der Waals surface area contributed by atoms with Gasteiger partial charge in [-0.25, -0.2) is 4.79 Å². The molecule has 0 spiro atoms. The summed E-state index contributed by atoms with van der Waals surface area (Å²) in [6.07, 6.45) is 1.62. The predicted molar refractivity (Wildman–Crippen MR) is 125 cm³/mol. The molecule has 0 radical (unpaired) electrons. The number of ether oxygens (including phenoxy) is 1. The highest BCUT2D eigenvalue weighted by Gasteiger charge is 2.35. The standard InChI is InChI=1S/C27H31O2S/c1-5-27(6-2,21(3)4)29-26(28)22-14-13-19-25(20-22)30(23-15-9-7-10-16-23)24-17-11-8-12-18-24/h7-21H,5-6H2,1-4H3/q+1. The third-order valence-electron chi connectivity index (χ3n) is 5.81. The van der Waals surface area contributed by atoms with Gasteiger partial charge in [0.25, 0.3) is 0 Å². The molecule has 0 aliphatic rings. The minimum absolute atomic E-state index is 0.237. The first-order valence-electron chi connectivity index (χ1n) is 10.7. The molecule has 156 valence electrons. The molecule has 0 bridgehead atoms. The van der Waals surface area contributed by atoms with Crippen molar-refractivity contribution in [2.45, 2.75) is 60.8 Å². The van der Waals surface area contributed by atoms with Crippen LogP contribution in [0.1, 0.15) is 50.9 Å². The molecule has 0 fully saturated rings. The molecule has 2 nitrogen and oxygen atoms in total. The van der Waals surface area contributed by atoms with E-state index in [0.717, 1.165) is 17.7 Å². The van der Waals surface area contributed by atoms with Gasteiger partial charge < -0.3 is 4.74 Å². The molecule has 0 amide bonds. The summed E-state index contributed by atoms with van der Waals surface area (Å²) in [6, 6.07) is 28.9. The second-order valence-electron chi connectivity index (χ2n) is 7.78. The van der Waals surface area contributed by atoms with Crippen LogP contribution in [0.5, 0.6) is 0 Å². The molecule has 3 heteroatoms. The molecule has 30 heavy (non-hydrogen) atoms. The van der Waals surface area contributed by atoms with Gasteiger partial charge in [0.2, 0.25) is 0 Å². The van der Waals surface area contributed by atoms with Crippen molar-refractivity contribution >= 4 is 16.9 Å². The van der Waals surface area contributed by atoms with Crippen LogP contribution in [-0.2, 0) is 15.6 Å². The zero-order chi connectivity index (χ0) is 21.6. The van der Waals surface area contributed by atoms with Crippen molar-refractivity contribution < 1.29 is 9.53 Å². The third kappa shape index (κ3) is 4.79. The lowest BCUT2D eigenvalue weighted by Crippen LogP contribution is -2.39. The van der Waals surface area contributed by atoms with E-state index < -0.39 is 5.60 Å². The van der Waals surface area contributed by atoms with Crippen LogP contribution in [0.3, 0.4) is 0 Å². The zero-order valence-electron chi connectivity index (χ0n) is 18.3. The van der Waals surface area contributed by atoms with Gasteiger partial charge >= 0.3 is 5.97 Å². The molecule has 0 heterocycles. The number of benzene rings is 3. The van der Waals surface area contributed by atoms with E-state index in [4.69, 9.17) is 4.74 Å². The van der Waals surface area contributed by atoms with E-state index in [2.05, 4.69) is 82.3 Å². The Bertz CT molecular complexity index is 907. The van der Waals surface area contributed by atoms with Crippen molar-refractivity contribution in [2.75, 3.05) is 0 Å². The molecule has 0 saturated carbocycles. The fraction of sp³-hybridized carbons (Fsp3) is 0.296. The van der Waals surface area contributed by atoms with Crippen molar-refractivity contribution in [1.29, 1.82) is 0 Å². The van der Waals surface area contributed by atoms with Gasteiger partial charge in [0, 0.05) is 6.07 Å². The summed E-state index contributed by atoms with van der Waals surface area (Å²) < 4.78 is 6.09. The van der Waals surface area contributed by atoms with Crippen molar-refractivity contribution in [3.8, 4) is 0 Å². The SMILES string of the molecule is CCC(CC)(OC(=O)c1cccc([S+](c2ccccc2)c2ccccc2)c1)C(C)C. The number of esters is 1. The first-order chi connectivity index (χ1) is 14.5. The number of hydrogen-bond acceptors (Lipinski definition) is 2. The maximum absolute atomic E-state index is 13.1. The second-order valence-corrected chi connectivity index (χ2v) is 9.80. The molecular formula is C27H31O2S+. The zero-order valence-corrected chi connectivity index (χ0v) is 19.1. The monoisotopic (exact) mass is 419 g/mol. The normalized spacial score (nSPS) is 11.7. The first kappa shape index (κ1) is 22.2. The van der Waals surface area contributed by atoms with Crippen LogP contribution in [0.4, 0.5) is 0 Å². The lowest BCUT2D eigenvalue weighted by atomic mass is 9.85. The quantitative estimate of drug-likeness (QED) is 0.286. The fourth-order valence-electron chi connectivity index (χ4n) is 3.84. The van der Waals surface area contributed by atoms with Crippen molar-refractivity contribution in [1.82, 2.24) is 0 Å². The maximum atomic E-state index is 13.1. The summed E-state index contributed by atoms with van der Waals surface area (Å²) in [5, 5.41) is 0. The van der Waals surface area contributed by atoms with Crippen LogP contribution >= 0.6 is 0 Å². The summed E-state index contributed by atoms with van der Waals surface area (Å²) in [5.74, 6) is 0.0295. The third-order valence-corrected chi connectivity index (χ3v) is 8.02. The van der Waals surface area contributed by atoms with Gasteiger partial charge in [0.05, 0.1) is 16.5 Å². The Kier molecular flexibility index (Phi) is 7.38. The van der Waals surface area contributed by atoms with Gasteiger partial charge in [-0.05, 0) is 55.2 Å². The second kappa shape index (κ2) is 9.99. The Labute approximate surface area is 183 Å². The topological polar surface area (TPSA) is 26.3 Å². The Hall–Kier alpha value is -2.52. The van der Waals surface area contributed by atoms with Crippen LogP contribution in [0, 0.1) is 5.92 Å². The molecule has 3 rings (SSSR count). The van der Waals surface area contributed by atoms with Gasteiger partial charge in [-0.3, -0.25) is 0 Å². The van der Waals surface area contributed by atoms with E-state index in [-0.39, 0.29) is 22.8 Å². The van der Waals surface area contributed by atoms with Gasteiger partial charge in [-0.15, -0.1) is 0 Å². The summed E-state index contributed by atoms with van der Waals surface area (Å²) in [5.41, 5.74) is 0.192. The number of carbonyl (C=O) groups is 1. The average molecular weight is 420 g/mol. The van der Waals surface area contributed by atoms with Gasteiger partial charge in [0.15, 0.2) is 14.7 Å². The van der Waals surface area contributed by atoms with E-state index >= 15 is 0 Å². The first-order valence-corrected chi connectivity index (χ1v) is 11.9. The lowest BCUT2D eigenvalue weighted by Gasteiger charge is -2.35. The molecule has 0 unspecified atom stereocenters. The predicted octanol–water partition coefficient (Wildman–Crippen LogP) is 7.15. The molecule has 0 atom stereocenters. The highest BCUT2D eigenvalue weighted by Crippen LogP contribution is 2.33. The number of hydrogen-bond donors (Lipinski definition) is 0. The molecule has 3 aromatic rings. The molecule has 0 N–H and O–H groups in total. The Balaban J connectivity index is 1.99. The Morgan fingerprint density at radius 2 is 1.30 bits per heavy atom. The summed E-state index contributed by atoms with van der Waals surface area (Å²) in [7, 11) is -0.285. The highest BCUT2D eigenvalue weighted by molar-refractivity contribution is 7.97. The van der Waals surface area contributed by atoms with Gasteiger partial charge in [-0.1, -0.05) is 70.2 Å². The molecule has 0 aromatic heterocycles. The number of carbonyl (C=O) groups excluding carboxylic acids is 1. The van der Waals surface area contributed by atoms with E-state index in [9.17, 15) is 4.79 Å². The summed E-state index contributed by atoms with van der Waals surface area (Å²) in [4.78, 5) is 16.7. The molecular weight excluding hydrogens is 388 g/mol. The summed E-state index contributed by atoms with van der Waals surface area (Å²) in [6.45, 7) is 8.43. The lowest BCUT2D eigenvalue weighted by molar-refractivity contribution is -0.0485. The largest absolute Gasteiger partial charge is 0.455 e. The molecule has 0 aliphatic heterocycles. The molecule has 3 aromatic carbocycles. The van der Waals surface area contributed by atoms with Crippen molar-refractivity contribution in [3.05, 3.63) is 90.5 Å². The van der Waals surface area contributed by atoms with Gasteiger partial charge in [0.1, 0.15) is 5.60 Å². The van der Waals surface area contributed by atoms with E-state index in [0.29, 0.717) is 5.56 Å². The van der Waals surface area contributed by atoms with Gasteiger partial charge in [-0.2, -0.15) is 0 Å². The minimum atomic E-state index is -0.423. The maximum Gasteiger partial charge on any atom is 0.338 e. The minimum Gasteiger partial charge on any atom is -0.455 e. The fourth-order valence-corrected chi connectivity index (χ4v) is 5.98. The van der Waals surface area contributed by atoms with Crippen molar-refractivity contribution in [2.24, 2.45) is 5.92 Å². The van der Waals surface area contributed by atoms with E-state index in [1.54, 1.807) is 0 Å². The van der Waals surface area contributed by atoms with Crippen LogP contribution in [0.15, 0.2) is 99.6 Å². The van der Waals surface area contributed by atoms with Crippen LogP contribution in [0.25, 0.3) is 0 Å². The molecule has 0 saturated heterocycles. The smallest absolute Gasteiger partial charge is 0.338 e. The van der Waals surface area contributed by atoms with Crippen molar-refractivity contribution in [3.63, 3.8) is 0 Å². The van der Waals surface area contributed by atoms with Crippen LogP contribution < -0.4 is 0 Å². The van der Waals surface area contributed by atoms with E-state index in [1.165, 1.54) is 9.79 Å². The Morgan fingerprint density at radius 3 is 1.77 bits per heavy atom. The molecule has 0 aliphatic carbocycles. The van der Waals surface area contributed by atoms with Crippen LogP contribution in [0.2, 0.25) is 0 Å². The van der Waals surface area contributed by atoms with Crippen LogP contribution in [-0.4, -0.2) is 11.6 Å². The number of rotatable bonds is 8. The Morgan fingerprint density at radius 1 is 0.800 bits per heavy atom. The average Bonchev–Trinajstić information content (AvgIpc) is 2.79. The highest BCUT2D eigenvalue weighted by atomic mass is 32.2. The van der Waals surface area contributed by atoms with E-state index in [1.807, 2.05) is 30.3 Å². The summed E-state index contributed by atoms with van der Waals surface area (Å²) >= 11 is 0.